The van der Waals surface area contributed by atoms with E-state index in [0.29, 0.717) is 22.3 Å². The van der Waals surface area contributed by atoms with Crippen molar-refractivity contribution in [1.82, 2.24) is 0 Å². The van der Waals surface area contributed by atoms with Gasteiger partial charge in [0.2, 0.25) is 11.6 Å². The lowest BCUT2D eigenvalue weighted by Gasteiger charge is -2.21. The molecule has 7 rings (SSSR count). The van der Waals surface area contributed by atoms with Crippen LogP contribution in [-0.2, 0) is 9.47 Å². The summed E-state index contributed by atoms with van der Waals surface area (Å²) in [5, 5.41) is 0. The molecule has 0 aromatic heterocycles. The fourth-order valence-corrected chi connectivity index (χ4v) is 6.67. The molecule has 57 heavy (non-hydrogen) atoms. The van der Waals surface area contributed by atoms with Gasteiger partial charge in [0.05, 0.1) is 27.9 Å². The normalized spacial score (nSPS) is 13.1. The minimum absolute atomic E-state index is 0.00221. The molecule has 2 atom stereocenters. The van der Waals surface area contributed by atoms with Gasteiger partial charge in [-0.25, -0.2) is 14.5 Å². The molecule has 1 aliphatic rings. The molecule has 0 bridgehead atoms. The molecule has 0 saturated carbocycles. The molecular formula is C48H37NO8. The van der Waals surface area contributed by atoms with Gasteiger partial charge in [0.25, 0.3) is 11.8 Å². The average Bonchev–Trinajstić information content (AvgIpc) is 3.48. The molecule has 9 heteroatoms. The van der Waals surface area contributed by atoms with Gasteiger partial charge < -0.3 is 9.47 Å². The van der Waals surface area contributed by atoms with E-state index in [1.54, 1.807) is 97.1 Å². The van der Waals surface area contributed by atoms with E-state index in [4.69, 9.17) is 9.47 Å². The zero-order valence-corrected chi connectivity index (χ0v) is 31.6. The summed E-state index contributed by atoms with van der Waals surface area (Å²) in [6, 6.07) is 37.6. The van der Waals surface area contributed by atoms with Gasteiger partial charge in [-0.3, -0.25) is 19.2 Å². The quantitative estimate of drug-likeness (QED) is 0.0728. The number of para-hydroxylation sites is 1. The van der Waals surface area contributed by atoms with Gasteiger partial charge in [-0.2, -0.15) is 0 Å². The molecule has 0 radical (unpaired) electrons. The van der Waals surface area contributed by atoms with Crippen molar-refractivity contribution in [3.05, 3.63) is 206 Å². The number of rotatable bonds is 11. The first-order valence-corrected chi connectivity index (χ1v) is 18.3. The van der Waals surface area contributed by atoms with E-state index in [0.717, 1.165) is 27.2 Å². The molecule has 0 saturated heterocycles. The van der Waals surface area contributed by atoms with Crippen LogP contribution in [0.5, 0.6) is 0 Å². The summed E-state index contributed by atoms with van der Waals surface area (Å²) in [7, 11) is 0. The molecule has 6 aromatic carbocycles. The molecule has 1 heterocycles. The van der Waals surface area contributed by atoms with E-state index in [1.807, 2.05) is 39.8 Å². The van der Waals surface area contributed by atoms with Crippen LogP contribution in [0.25, 0.3) is 0 Å². The van der Waals surface area contributed by atoms with E-state index in [2.05, 4.69) is 0 Å². The van der Waals surface area contributed by atoms with Crippen molar-refractivity contribution in [1.29, 1.82) is 0 Å². The van der Waals surface area contributed by atoms with E-state index in [9.17, 15) is 28.8 Å². The van der Waals surface area contributed by atoms with Gasteiger partial charge in [-0.05, 0) is 92.4 Å². The Kier molecular flexibility index (Phi) is 10.6. The smallest absolute Gasteiger partial charge is 0.341 e. The Labute approximate surface area is 329 Å². The van der Waals surface area contributed by atoms with Crippen LogP contribution in [0, 0.1) is 27.7 Å². The van der Waals surface area contributed by atoms with Crippen LogP contribution in [-0.4, -0.2) is 35.3 Å². The second-order valence-electron chi connectivity index (χ2n) is 13.9. The minimum Gasteiger partial charge on any atom is -0.445 e. The maximum absolute atomic E-state index is 14.0. The predicted octanol–water partition coefficient (Wildman–Crippen LogP) is 9.28. The van der Waals surface area contributed by atoms with E-state index in [1.165, 1.54) is 30.3 Å². The first kappa shape index (κ1) is 38.0. The summed E-state index contributed by atoms with van der Waals surface area (Å²) < 4.78 is 11.8. The number of anilines is 1. The monoisotopic (exact) mass is 755 g/mol. The molecule has 6 aromatic rings. The first-order valence-electron chi connectivity index (χ1n) is 18.3. The highest BCUT2D eigenvalue weighted by Gasteiger charge is 2.40. The van der Waals surface area contributed by atoms with Crippen LogP contribution in [0.4, 0.5) is 5.69 Å². The summed E-state index contributed by atoms with van der Waals surface area (Å²) in [6.45, 7) is 7.63. The van der Waals surface area contributed by atoms with Crippen LogP contribution >= 0.6 is 0 Å². The Hall–Kier alpha value is -7.26. The third kappa shape index (κ3) is 7.55. The highest BCUT2D eigenvalue weighted by molar-refractivity contribution is 6.35. The predicted molar refractivity (Wildman–Crippen MR) is 214 cm³/mol. The van der Waals surface area contributed by atoms with Crippen molar-refractivity contribution in [3.8, 4) is 0 Å². The number of nitrogens with zero attached hydrogens (tertiary/aromatic N) is 1. The number of carbonyl (C=O) groups excluding carboxylic acids is 6. The van der Waals surface area contributed by atoms with Crippen molar-refractivity contribution in [2.75, 3.05) is 4.90 Å². The Balaban J connectivity index is 1.16. The first-order chi connectivity index (χ1) is 27.4. The number of fused-ring (bicyclic) bond motifs is 1. The number of ketones is 2. The molecule has 0 unspecified atom stereocenters. The SMILES string of the molecule is Cc1ccc(C(=O)[C@@H](OC(=O)c2ccc3c(c2)C(=O)N(c2ccccc2C(=O)O[C@H](C(=O)c2ccc(C)c(C)c2)c2ccccc2)C3=O)c2ccccc2)cc1C. The van der Waals surface area contributed by atoms with E-state index in [-0.39, 0.29) is 27.9 Å². The van der Waals surface area contributed by atoms with Crippen LogP contribution < -0.4 is 4.90 Å². The number of imide groups is 1. The van der Waals surface area contributed by atoms with Gasteiger partial charge in [-0.1, -0.05) is 97.1 Å². The molecular weight excluding hydrogens is 719 g/mol. The Bertz CT molecular complexity index is 2600. The Morgan fingerprint density at radius 1 is 0.456 bits per heavy atom. The van der Waals surface area contributed by atoms with Gasteiger partial charge >= 0.3 is 11.9 Å². The topological polar surface area (TPSA) is 124 Å². The number of hydrogen-bond acceptors (Lipinski definition) is 8. The maximum atomic E-state index is 14.0. The largest absolute Gasteiger partial charge is 0.445 e. The minimum atomic E-state index is -1.33. The number of ether oxygens (including phenoxy) is 2. The van der Waals surface area contributed by atoms with E-state index < -0.39 is 47.5 Å². The molecule has 1 aliphatic heterocycles. The summed E-state index contributed by atoms with van der Waals surface area (Å²) in [6.07, 6.45) is -2.62. The van der Waals surface area contributed by atoms with Crippen LogP contribution in [0.3, 0.4) is 0 Å². The average molecular weight is 756 g/mol. The molecule has 9 nitrogen and oxygen atoms in total. The van der Waals surface area contributed by atoms with Crippen LogP contribution in [0.1, 0.15) is 108 Å². The third-order valence-corrected chi connectivity index (χ3v) is 10.2. The van der Waals surface area contributed by atoms with Crippen molar-refractivity contribution in [3.63, 3.8) is 0 Å². The second kappa shape index (κ2) is 15.8. The number of esters is 2. The van der Waals surface area contributed by atoms with Crippen molar-refractivity contribution in [2.24, 2.45) is 0 Å². The van der Waals surface area contributed by atoms with Crippen molar-refractivity contribution < 1.29 is 38.2 Å². The summed E-state index contributed by atoms with van der Waals surface area (Å²) >= 11 is 0. The number of carbonyl (C=O) groups is 6. The van der Waals surface area contributed by atoms with E-state index >= 15 is 0 Å². The fraction of sp³-hybridized carbons (Fsp3) is 0.125. The fourth-order valence-electron chi connectivity index (χ4n) is 6.67. The summed E-state index contributed by atoms with van der Waals surface area (Å²) in [5.41, 5.74) is 5.08. The summed E-state index contributed by atoms with van der Waals surface area (Å²) in [5.74, 6) is -4.20. The number of amides is 2. The number of Topliss-reactive ketones (excluding diaryl/α,β-unsaturated/α-hetero) is 2. The molecule has 0 aliphatic carbocycles. The third-order valence-electron chi connectivity index (χ3n) is 10.2. The lowest BCUT2D eigenvalue weighted by atomic mass is 9.97. The molecule has 0 fully saturated rings. The molecule has 282 valence electrons. The highest BCUT2D eigenvalue weighted by atomic mass is 16.6. The van der Waals surface area contributed by atoms with Crippen molar-refractivity contribution in [2.45, 2.75) is 39.9 Å². The lowest BCUT2D eigenvalue weighted by molar-refractivity contribution is 0.0278. The summed E-state index contributed by atoms with van der Waals surface area (Å²) in [4.78, 5) is 84.1. The van der Waals surface area contributed by atoms with Gasteiger partial charge in [-0.15, -0.1) is 0 Å². The lowest BCUT2D eigenvalue weighted by Crippen LogP contribution is -2.31. The zero-order valence-electron chi connectivity index (χ0n) is 31.6. The Morgan fingerprint density at radius 3 is 1.44 bits per heavy atom. The number of hydrogen-bond donors (Lipinski definition) is 0. The van der Waals surface area contributed by atoms with Gasteiger partial charge in [0, 0.05) is 22.3 Å². The second-order valence-corrected chi connectivity index (χ2v) is 13.9. The van der Waals surface area contributed by atoms with Crippen LogP contribution in [0.15, 0.2) is 140 Å². The molecule has 0 spiro atoms. The standard InChI is InChI=1S/C48H37NO8/c1-28-19-21-34(25-30(28)3)41(50)43(32-13-7-5-8-14-32)56-47(54)36-23-24-37-39(27-36)46(53)49(45(37)52)40-18-12-11-17-38(40)48(55)57-44(33-15-9-6-10-16-33)42(51)35-22-20-29(2)31(4)26-35/h5-27,43-44H,1-4H3/t43-,44-/m0/s1. The van der Waals surface area contributed by atoms with Crippen molar-refractivity contribution >= 4 is 41.0 Å². The zero-order chi connectivity index (χ0) is 40.4. The van der Waals surface area contributed by atoms with Gasteiger partial charge in [0.15, 0.2) is 12.2 Å². The Morgan fingerprint density at radius 2 is 0.912 bits per heavy atom. The molecule has 2 amide bonds. The number of benzene rings is 6. The van der Waals surface area contributed by atoms with Crippen LogP contribution in [0.2, 0.25) is 0 Å². The molecule has 0 N–H and O–H groups in total. The maximum Gasteiger partial charge on any atom is 0.341 e. The highest BCUT2D eigenvalue weighted by Crippen LogP contribution is 2.34. The number of aryl methyl sites for hydroxylation is 4. The van der Waals surface area contributed by atoms with Gasteiger partial charge in [0.1, 0.15) is 0 Å².